The molecule has 0 amide bonds. The Kier molecular flexibility index (Phi) is 136. The zero-order valence-corrected chi connectivity index (χ0v) is 78.2. The molecule has 121 heavy (non-hydrogen) atoms. The van der Waals surface area contributed by atoms with Gasteiger partial charge in [-0.1, -0.05) is 217 Å². The number of aryl methyl sites for hydroxylation is 4. The number of carboxylic acid groups (broad SMARTS) is 1. The first-order valence-electron chi connectivity index (χ1n) is 38.8. The number of nitrogens with two attached hydrogens (primary N) is 1. The van der Waals surface area contributed by atoms with Gasteiger partial charge in [-0.2, -0.15) is 0 Å². The average molecular weight is 1730 g/mol. The minimum Gasteiger partial charge on any atom is -0.478 e. The van der Waals surface area contributed by atoms with Gasteiger partial charge in [-0.3, -0.25) is 50.6 Å². The predicted molar refractivity (Wildman–Crippen MR) is 492 cm³/mol. The van der Waals surface area contributed by atoms with Gasteiger partial charge >= 0.3 is 42.9 Å². The van der Waals surface area contributed by atoms with Gasteiger partial charge in [-0.05, 0) is 80.0 Å². The van der Waals surface area contributed by atoms with E-state index in [2.05, 4.69) is 23.7 Å². The maximum absolute atomic E-state index is 11.2. The van der Waals surface area contributed by atoms with Crippen LogP contribution in [0.15, 0.2) is 109 Å². The number of esters is 5. The summed E-state index contributed by atoms with van der Waals surface area (Å²) in [6, 6.07) is 25.6. The van der Waals surface area contributed by atoms with Crippen LogP contribution in [0.4, 0.5) is 34.1 Å². The summed E-state index contributed by atoms with van der Waals surface area (Å²) in [5.41, 5.74) is 11.4. The lowest BCUT2D eigenvalue weighted by atomic mass is 9.99. The van der Waals surface area contributed by atoms with E-state index in [0.29, 0.717) is 58.7 Å². The Labute approximate surface area is 723 Å². The lowest BCUT2D eigenvalue weighted by Gasteiger charge is -2.15. The van der Waals surface area contributed by atoms with Crippen molar-refractivity contribution in [2.75, 3.05) is 82.9 Å². The van der Waals surface area contributed by atoms with Crippen molar-refractivity contribution in [2.45, 2.75) is 228 Å². The van der Waals surface area contributed by atoms with Crippen molar-refractivity contribution in [3.05, 3.63) is 227 Å². The Bertz CT molecular complexity index is 3370. The van der Waals surface area contributed by atoms with Gasteiger partial charge in [0.05, 0.1) is 92.5 Å². The molecular weight excluding hydrogens is 1580 g/mol. The summed E-state index contributed by atoms with van der Waals surface area (Å²) in [6.45, 7) is 56.8. The van der Waals surface area contributed by atoms with E-state index in [1.165, 1.54) is 107 Å². The molecule has 0 spiro atoms. The molecule has 6 aromatic carbocycles. The third-order valence-electron chi connectivity index (χ3n) is 11.3. The quantitative estimate of drug-likeness (QED) is 0.0195. The maximum atomic E-state index is 11.2. The lowest BCUT2D eigenvalue weighted by Crippen LogP contribution is -2.17. The van der Waals surface area contributed by atoms with E-state index in [-0.39, 0.29) is 71.5 Å². The highest BCUT2D eigenvalue weighted by Crippen LogP contribution is 2.24. The summed E-state index contributed by atoms with van der Waals surface area (Å²) in [5.74, 6) is -3.58. The lowest BCUT2D eigenvalue weighted by molar-refractivity contribution is -0.385. The molecule has 0 aromatic heterocycles. The number of fused-ring (bicyclic) bond motifs is 2. The second-order valence-corrected chi connectivity index (χ2v) is 18.0. The van der Waals surface area contributed by atoms with Crippen molar-refractivity contribution in [3.63, 3.8) is 0 Å². The number of carbonyl (C=O) groups is 6. The fourth-order valence-electron chi connectivity index (χ4n) is 6.87. The van der Waals surface area contributed by atoms with Gasteiger partial charge in [0.25, 0.3) is 28.4 Å². The Hall–Kier alpha value is -11.2. The molecule has 34 nitrogen and oxygen atoms in total. The first-order valence-corrected chi connectivity index (χ1v) is 38.8. The molecule has 0 fully saturated rings. The number of non-ortho nitro benzene ring substituents is 5. The molecule has 0 radical (unpaired) electrons. The summed E-state index contributed by atoms with van der Waals surface area (Å²) in [6.07, 6.45) is 1.42. The highest BCUT2D eigenvalue weighted by atomic mass is 16.6. The molecule has 35 heteroatoms. The number of nitrogens with zero attached hydrogens (tertiary/aromatic N) is 5. The monoisotopic (exact) mass is 1730 g/mol. The summed E-state index contributed by atoms with van der Waals surface area (Å²) < 4.78 is 31.6. The third kappa shape index (κ3) is 74.8. The van der Waals surface area contributed by atoms with Gasteiger partial charge in [0.1, 0.15) is 0 Å². The number of nitro groups is 5. The molecule has 0 atom stereocenters. The van der Waals surface area contributed by atoms with Gasteiger partial charge in [0.15, 0.2) is 0 Å². The minimum absolute atomic E-state index is 0. The Balaban J connectivity index is -0.0000000658. The van der Waals surface area contributed by atoms with Gasteiger partial charge in [-0.25, -0.2) is 28.8 Å². The minimum atomic E-state index is -1.17. The number of rotatable bonds is 9. The van der Waals surface area contributed by atoms with Crippen molar-refractivity contribution in [3.8, 4) is 0 Å². The van der Waals surface area contributed by atoms with Crippen molar-refractivity contribution >= 4 is 77.1 Å². The molecule has 0 aliphatic carbocycles. The molecule has 0 bridgehead atoms. The van der Waals surface area contributed by atoms with Crippen LogP contribution in [-0.2, 0) is 46.0 Å². The van der Waals surface area contributed by atoms with Gasteiger partial charge in [0.2, 0.25) is 0 Å². The van der Waals surface area contributed by atoms with E-state index in [1.54, 1.807) is 74.3 Å². The van der Waals surface area contributed by atoms with Crippen molar-refractivity contribution in [1.82, 2.24) is 0 Å². The number of anilines is 1. The summed E-state index contributed by atoms with van der Waals surface area (Å²) in [5, 5.41) is 89.9. The number of aliphatic hydroxyl groups is 2. The summed E-state index contributed by atoms with van der Waals surface area (Å²) >= 11 is 0. The van der Waals surface area contributed by atoms with Crippen LogP contribution in [0.2, 0.25) is 6.82 Å². The number of benzene rings is 6. The van der Waals surface area contributed by atoms with Crippen LogP contribution in [0.5, 0.6) is 0 Å². The standard InChI is InChI=1S/C9H7NO4.3C9H9NO4.C9H9NO2.C8H7NO4.2C2H6O.12C2H6.CH5BO2.2CH4O.2CH4/c11-9-8-5-7(10(12)13)2-1-6(8)3-4-14-9;3*1-6-3-4-7(10(12)13)5-8(6)9(11)14-2;10-7-2-1-6-3-4-12-9(11)8(6)5-7;1-5-2-3-6(9(12)13)4-7(5)8(10)11;2*1-3-2;12*1-2;1-2(3)4;2*1-2;;/h1-2,5H,3-4H2;3*3-5H,1-2H3;1-2,5H,3-4,10H2;2-4H,1H3,(H,10,11);2*1-2H3;12*1-2H3;3-4H,1H3;2*2H,1H3;2*1H4. The fraction of sp³-hybridized carbons (Fsp3) is 0.512. The number of ether oxygens (including phenoxy) is 7. The van der Waals surface area contributed by atoms with E-state index in [0.717, 1.165) is 37.8 Å². The van der Waals surface area contributed by atoms with Crippen LogP contribution in [0.1, 0.15) is 277 Å². The molecule has 2 aliphatic heterocycles. The van der Waals surface area contributed by atoms with E-state index < -0.39 is 61.6 Å². The molecule has 0 saturated heterocycles. The molecule has 0 saturated carbocycles. The molecule has 7 N–H and O–H groups in total. The molecule has 2 heterocycles. The van der Waals surface area contributed by atoms with Crippen LogP contribution in [-0.4, -0.2) is 170 Å². The van der Waals surface area contributed by atoms with E-state index in [1.807, 2.05) is 172 Å². The second kappa shape index (κ2) is 109. The number of nitro benzene ring substituents is 5. The predicted octanol–water partition coefficient (Wildman–Crippen LogP) is 21.4. The van der Waals surface area contributed by atoms with E-state index in [9.17, 15) is 79.3 Å². The van der Waals surface area contributed by atoms with E-state index >= 15 is 0 Å². The number of aromatic carboxylic acids is 1. The fourth-order valence-corrected chi connectivity index (χ4v) is 6.87. The van der Waals surface area contributed by atoms with Crippen LogP contribution in [0.25, 0.3) is 0 Å². The molecule has 0 unspecified atom stereocenters. The van der Waals surface area contributed by atoms with Crippen LogP contribution in [0, 0.1) is 78.3 Å². The Morgan fingerprint density at radius 3 is 0.752 bits per heavy atom. The number of carbonyl (C=O) groups excluding carboxylic acids is 5. The molecule has 6 aromatic rings. The summed E-state index contributed by atoms with van der Waals surface area (Å²) in [4.78, 5) is 116. The number of carboxylic acids is 1. The third-order valence-corrected chi connectivity index (χ3v) is 11.3. The first kappa shape index (κ1) is 151. The molecule has 8 rings (SSSR count). The molecule has 700 valence electrons. The van der Waals surface area contributed by atoms with Crippen LogP contribution < -0.4 is 5.73 Å². The first-order chi connectivity index (χ1) is 56.7. The number of hydrogen-bond donors (Lipinski definition) is 6. The number of cyclic esters (lactones) is 2. The zero-order chi connectivity index (χ0) is 97.8. The number of aliphatic hydroxyl groups excluding tert-OH is 2. The van der Waals surface area contributed by atoms with Crippen molar-refractivity contribution in [2.24, 2.45) is 0 Å². The number of hydrogen-bond acceptors (Lipinski definition) is 28. The maximum Gasteiger partial charge on any atom is 0.448 e. The largest absolute Gasteiger partial charge is 0.478 e. The van der Waals surface area contributed by atoms with Gasteiger partial charge in [-0.15, -0.1) is 0 Å². The highest BCUT2D eigenvalue weighted by molar-refractivity contribution is 6.39. The number of nitrogen functional groups attached to an aromatic ring is 1. The van der Waals surface area contributed by atoms with E-state index in [4.69, 9.17) is 40.6 Å². The summed E-state index contributed by atoms with van der Waals surface area (Å²) in [7, 11) is 11.0. The van der Waals surface area contributed by atoms with Crippen LogP contribution >= 0.6 is 0 Å². The van der Waals surface area contributed by atoms with Crippen molar-refractivity contribution in [1.29, 1.82) is 0 Å². The van der Waals surface area contributed by atoms with Gasteiger partial charge < -0.3 is 64.3 Å². The Morgan fingerprint density at radius 2 is 0.545 bits per heavy atom. The van der Waals surface area contributed by atoms with Crippen LogP contribution in [0.3, 0.4) is 0 Å². The Morgan fingerprint density at radius 1 is 0.364 bits per heavy atom. The normalized spacial score (nSPS) is 8.74. The molecular formula is C86H155BN6O28. The topological polar surface area (TPSA) is 510 Å². The highest BCUT2D eigenvalue weighted by Gasteiger charge is 2.23. The smallest absolute Gasteiger partial charge is 0.448 e. The average Bonchev–Trinajstić information content (AvgIpc) is 0.817. The van der Waals surface area contributed by atoms with Crippen molar-refractivity contribution < 1.29 is 112 Å². The molecule has 2 aliphatic rings. The number of methoxy groups -OCH3 is 5. The second-order valence-electron chi connectivity index (χ2n) is 18.0. The zero-order valence-electron chi connectivity index (χ0n) is 78.2. The van der Waals surface area contributed by atoms with Gasteiger partial charge in [0, 0.05) is 122 Å². The SMILES string of the molecule is C.C.CB(O)O.CC.CC.CC.CC.CC.CC.CC.CC.CC.CC.CC.CC.CO.CO.COC.COC.COC(=O)c1cc([N+](=O)[O-])ccc1C.COC(=O)c1cc([N+](=O)[O-])ccc1C.COC(=O)c1cc([N+](=O)[O-])ccc1C.Cc1ccc([N+](=O)[O-])cc1C(=O)O.Nc1ccc2c(c1)C(=O)OCC2.O=C1OCCc2ccc([N+](=O)[O-])cc21.